The van der Waals surface area contributed by atoms with E-state index in [4.69, 9.17) is 5.73 Å². The van der Waals surface area contributed by atoms with Gasteiger partial charge in [-0.3, -0.25) is 9.59 Å². The summed E-state index contributed by atoms with van der Waals surface area (Å²) in [5.74, 6) is 0.507. The van der Waals surface area contributed by atoms with E-state index in [2.05, 4.69) is 0 Å². The predicted molar refractivity (Wildman–Crippen MR) is 68.8 cm³/mol. The molecule has 1 aliphatic heterocycles. The minimum Gasteiger partial charge on any atom is -0.344 e. The number of hydrogen-bond donors (Lipinski definition) is 1. The van der Waals surface area contributed by atoms with Gasteiger partial charge in [-0.25, -0.2) is 0 Å². The van der Waals surface area contributed by atoms with Crippen LogP contribution in [0, 0.1) is 5.92 Å². The molecule has 1 saturated carbocycles. The average Bonchev–Trinajstić information content (AvgIpc) is 2.94. The summed E-state index contributed by atoms with van der Waals surface area (Å²) in [6.45, 7) is 2.14. The largest absolute Gasteiger partial charge is 0.344 e. The maximum absolute atomic E-state index is 12.1. The number of carbonyl (C=O) groups excluding carboxylic acids is 2. The zero-order chi connectivity index (χ0) is 13.1. The Kier molecular flexibility index (Phi) is 4.22. The predicted octanol–water partition coefficient (Wildman–Crippen LogP) is 0.195. The van der Waals surface area contributed by atoms with Gasteiger partial charge in [0.1, 0.15) is 0 Å². The highest BCUT2D eigenvalue weighted by molar-refractivity contribution is 5.79. The lowest BCUT2D eigenvalue weighted by atomic mass is 10.1. The molecule has 1 saturated heterocycles. The summed E-state index contributed by atoms with van der Waals surface area (Å²) in [5.41, 5.74) is 5.83. The Balaban J connectivity index is 1.75. The molecular formula is C13H23N3O2. The number of carbonyl (C=O) groups is 2. The molecular weight excluding hydrogens is 230 g/mol. The Morgan fingerprint density at radius 3 is 2.83 bits per heavy atom. The van der Waals surface area contributed by atoms with E-state index in [-0.39, 0.29) is 23.8 Å². The van der Waals surface area contributed by atoms with Crippen molar-refractivity contribution >= 4 is 11.8 Å². The third-order valence-corrected chi connectivity index (χ3v) is 4.08. The Labute approximate surface area is 108 Å². The maximum atomic E-state index is 12.1. The number of rotatable bonds is 4. The molecule has 0 aromatic heterocycles. The second-order valence-corrected chi connectivity index (χ2v) is 5.51. The van der Waals surface area contributed by atoms with Crippen LogP contribution in [0.4, 0.5) is 0 Å². The first-order valence-corrected chi connectivity index (χ1v) is 6.86. The molecule has 2 N–H and O–H groups in total. The molecule has 2 fully saturated rings. The average molecular weight is 253 g/mol. The number of likely N-dealkylation sites (tertiary alicyclic amines) is 1. The van der Waals surface area contributed by atoms with Crippen LogP contribution >= 0.6 is 0 Å². The van der Waals surface area contributed by atoms with Crippen molar-refractivity contribution in [1.82, 2.24) is 9.80 Å². The SMILES string of the molecule is CN(CCN1CCCC1=O)C(=O)[C@@H]1CC[C@@H](N)C1. The molecule has 0 spiro atoms. The molecule has 2 amide bonds. The zero-order valence-electron chi connectivity index (χ0n) is 11.1. The van der Waals surface area contributed by atoms with Crippen LogP contribution in [0.3, 0.4) is 0 Å². The monoisotopic (exact) mass is 253 g/mol. The summed E-state index contributed by atoms with van der Waals surface area (Å²) in [5, 5.41) is 0. The fourth-order valence-corrected chi connectivity index (χ4v) is 2.87. The van der Waals surface area contributed by atoms with Gasteiger partial charge in [-0.15, -0.1) is 0 Å². The minimum absolute atomic E-state index is 0.0966. The fraction of sp³-hybridized carbons (Fsp3) is 0.846. The van der Waals surface area contributed by atoms with Crippen LogP contribution in [-0.4, -0.2) is 54.3 Å². The molecule has 0 radical (unpaired) electrons. The van der Waals surface area contributed by atoms with E-state index in [0.717, 1.165) is 32.2 Å². The highest BCUT2D eigenvalue weighted by Crippen LogP contribution is 2.25. The standard InChI is InChI=1S/C13H23N3O2/c1-15(7-8-16-6-2-3-12(16)17)13(18)10-4-5-11(14)9-10/h10-11H,2-9,14H2,1H3/t10-,11-/m1/s1. The molecule has 0 unspecified atom stereocenters. The molecule has 2 aliphatic rings. The smallest absolute Gasteiger partial charge is 0.225 e. The molecule has 1 heterocycles. The molecule has 5 heteroatoms. The van der Waals surface area contributed by atoms with Gasteiger partial charge in [0, 0.05) is 45.1 Å². The Morgan fingerprint density at radius 1 is 1.50 bits per heavy atom. The highest BCUT2D eigenvalue weighted by atomic mass is 16.2. The normalized spacial score (nSPS) is 27.9. The van der Waals surface area contributed by atoms with Crippen molar-refractivity contribution in [3.8, 4) is 0 Å². The Hall–Kier alpha value is -1.10. The lowest BCUT2D eigenvalue weighted by Gasteiger charge is -2.24. The van der Waals surface area contributed by atoms with Gasteiger partial charge in [-0.05, 0) is 25.7 Å². The van der Waals surface area contributed by atoms with Gasteiger partial charge in [-0.2, -0.15) is 0 Å². The second-order valence-electron chi connectivity index (χ2n) is 5.51. The third-order valence-electron chi connectivity index (χ3n) is 4.08. The van der Waals surface area contributed by atoms with Crippen LogP contribution in [-0.2, 0) is 9.59 Å². The lowest BCUT2D eigenvalue weighted by Crippen LogP contribution is -2.39. The van der Waals surface area contributed by atoms with Crippen LogP contribution in [0.5, 0.6) is 0 Å². The van der Waals surface area contributed by atoms with Gasteiger partial charge < -0.3 is 15.5 Å². The Morgan fingerprint density at radius 2 is 2.28 bits per heavy atom. The number of nitrogens with zero attached hydrogens (tertiary/aromatic N) is 2. The van der Waals surface area contributed by atoms with Gasteiger partial charge in [0.2, 0.25) is 11.8 Å². The van der Waals surface area contributed by atoms with E-state index in [1.54, 1.807) is 4.90 Å². The molecule has 0 aromatic carbocycles. The first kappa shape index (κ1) is 13.3. The van der Waals surface area contributed by atoms with E-state index >= 15 is 0 Å². The van der Waals surface area contributed by atoms with Crippen LogP contribution in [0.2, 0.25) is 0 Å². The van der Waals surface area contributed by atoms with Crippen LogP contribution in [0.1, 0.15) is 32.1 Å². The van der Waals surface area contributed by atoms with Crippen LogP contribution < -0.4 is 5.73 Å². The number of amides is 2. The summed E-state index contributed by atoms with van der Waals surface area (Å²) in [6.07, 6.45) is 4.29. The van der Waals surface area contributed by atoms with Crippen molar-refractivity contribution in [2.45, 2.75) is 38.1 Å². The third kappa shape index (κ3) is 3.02. The van der Waals surface area contributed by atoms with Gasteiger partial charge in [0.25, 0.3) is 0 Å². The first-order chi connectivity index (χ1) is 8.58. The molecule has 2 atom stereocenters. The summed E-state index contributed by atoms with van der Waals surface area (Å²) in [7, 11) is 1.83. The summed E-state index contributed by atoms with van der Waals surface area (Å²) in [6, 6.07) is 0.188. The summed E-state index contributed by atoms with van der Waals surface area (Å²) >= 11 is 0. The van der Waals surface area contributed by atoms with Gasteiger partial charge >= 0.3 is 0 Å². The molecule has 2 rings (SSSR count). The zero-order valence-corrected chi connectivity index (χ0v) is 11.1. The van der Waals surface area contributed by atoms with E-state index in [0.29, 0.717) is 19.5 Å². The van der Waals surface area contributed by atoms with E-state index in [9.17, 15) is 9.59 Å². The number of likely N-dealkylation sites (N-methyl/N-ethyl adjacent to an activating group) is 1. The van der Waals surface area contributed by atoms with Crippen molar-refractivity contribution in [1.29, 1.82) is 0 Å². The molecule has 5 nitrogen and oxygen atoms in total. The van der Waals surface area contributed by atoms with E-state index in [1.165, 1.54) is 0 Å². The van der Waals surface area contributed by atoms with Gasteiger partial charge in [0.15, 0.2) is 0 Å². The van der Waals surface area contributed by atoms with Crippen molar-refractivity contribution in [2.24, 2.45) is 11.7 Å². The Bertz CT molecular complexity index is 332. The van der Waals surface area contributed by atoms with Crippen molar-refractivity contribution < 1.29 is 9.59 Å². The van der Waals surface area contributed by atoms with Crippen molar-refractivity contribution in [3.63, 3.8) is 0 Å². The number of hydrogen-bond acceptors (Lipinski definition) is 3. The van der Waals surface area contributed by atoms with E-state index < -0.39 is 0 Å². The molecule has 0 bridgehead atoms. The molecule has 0 aromatic rings. The van der Waals surface area contributed by atoms with Gasteiger partial charge in [-0.1, -0.05) is 0 Å². The quantitative estimate of drug-likeness (QED) is 0.778. The number of nitrogens with two attached hydrogens (primary N) is 1. The van der Waals surface area contributed by atoms with Crippen LogP contribution in [0.25, 0.3) is 0 Å². The first-order valence-electron chi connectivity index (χ1n) is 6.86. The topological polar surface area (TPSA) is 66.6 Å². The van der Waals surface area contributed by atoms with Crippen LogP contribution in [0.15, 0.2) is 0 Å². The molecule has 1 aliphatic carbocycles. The van der Waals surface area contributed by atoms with Crippen molar-refractivity contribution in [3.05, 3.63) is 0 Å². The van der Waals surface area contributed by atoms with Crippen molar-refractivity contribution in [2.75, 3.05) is 26.7 Å². The second kappa shape index (κ2) is 5.69. The summed E-state index contributed by atoms with van der Waals surface area (Å²) in [4.78, 5) is 27.2. The maximum Gasteiger partial charge on any atom is 0.225 e. The fourth-order valence-electron chi connectivity index (χ4n) is 2.87. The molecule has 102 valence electrons. The van der Waals surface area contributed by atoms with E-state index in [1.807, 2.05) is 11.9 Å². The summed E-state index contributed by atoms with van der Waals surface area (Å²) < 4.78 is 0. The minimum atomic E-state index is 0.0966. The molecule has 18 heavy (non-hydrogen) atoms. The highest BCUT2D eigenvalue weighted by Gasteiger charge is 2.30. The van der Waals surface area contributed by atoms with Gasteiger partial charge in [0.05, 0.1) is 0 Å². The lowest BCUT2D eigenvalue weighted by molar-refractivity contribution is -0.135.